The Labute approximate surface area is 138 Å². The maximum Gasteiger partial charge on any atom is 0.255 e. The average Bonchev–Trinajstić information content (AvgIpc) is 3.05. The van der Waals surface area contributed by atoms with Gasteiger partial charge in [0.05, 0.1) is 29.1 Å². The number of hydrogen-bond donors (Lipinski definition) is 1. The number of aromatic nitrogens is 4. The van der Waals surface area contributed by atoms with E-state index in [0.29, 0.717) is 22.8 Å². The highest BCUT2D eigenvalue weighted by Gasteiger charge is 2.10. The van der Waals surface area contributed by atoms with Crippen LogP contribution in [-0.4, -0.2) is 25.5 Å². The van der Waals surface area contributed by atoms with E-state index in [1.807, 2.05) is 32.2 Å². The summed E-state index contributed by atoms with van der Waals surface area (Å²) in [5.74, 6) is -0.165. The second-order valence-corrected chi connectivity index (χ2v) is 5.75. The maximum absolute atomic E-state index is 12.4. The predicted octanol–water partition coefficient (Wildman–Crippen LogP) is 2.88. The number of nitrogens with one attached hydrogen (secondary N) is 1. The van der Waals surface area contributed by atoms with Crippen molar-refractivity contribution in [1.29, 1.82) is 0 Å². The highest BCUT2D eigenvalue weighted by Crippen LogP contribution is 2.15. The van der Waals surface area contributed by atoms with Crippen LogP contribution in [0.1, 0.15) is 21.6 Å². The lowest BCUT2D eigenvalue weighted by atomic mass is 10.1. The number of anilines is 1. The summed E-state index contributed by atoms with van der Waals surface area (Å²) in [6.45, 7) is 2.41. The van der Waals surface area contributed by atoms with E-state index in [2.05, 4.69) is 15.5 Å². The van der Waals surface area contributed by atoms with Gasteiger partial charge in [0.1, 0.15) is 0 Å². The van der Waals surface area contributed by atoms with Gasteiger partial charge in [-0.2, -0.15) is 10.2 Å². The Balaban J connectivity index is 1.76. The van der Waals surface area contributed by atoms with Crippen molar-refractivity contribution < 1.29 is 4.79 Å². The fraction of sp³-hybridized carbons (Fsp3) is 0.188. The van der Waals surface area contributed by atoms with Gasteiger partial charge in [-0.25, -0.2) is 0 Å². The molecule has 1 amide bonds. The summed E-state index contributed by atoms with van der Waals surface area (Å²) in [7, 11) is 1.82. The van der Waals surface area contributed by atoms with Crippen LogP contribution in [-0.2, 0) is 13.6 Å². The molecule has 6 nitrogen and oxygen atoms in total. The van der Waals surface area contributed by atoms with Gasteiger partial charge in [0.25, 0.3) is 5.91 Å². The standard InChI is InChI=1S/C16H16ClN5O/c1-11-15(10-21(2)20-11)19-16(23)13-5-3-4-12(6-13)8-22-9-14(17)7-18-22/h3-7,9-10H,8H2,1-2H3,(H,19,23). The van der Waals surface area contributed by atoms with Gasteiger partial charge in [-0.15, -0.1) is 0 Å². The van der Waals surface area contributed by atoms with E-state index >= 15 is 0 Å². The van der Waals surface area contributed by atoms with Gasteiger partial charge in [0.15, 0.2) is 0 Å². The zero-order valence-corrected chi connectivity index (χ0v) is 13.6. The van der Waals surface area contributed by atoms with E-state index in [1.165, 1.54) is 0 Å². The lowest BCUT2D eigenvalue weighted by Gasteiger charge is -2.06. The summed E-state index contributed by atoms with van der Waals surface area (Å²) >= 11 is 5.86. The fourth-order valence-electron chi connectivity index (χ4n) is 2.34. The summed E-state index contributed by atoms with van der Waals surface area (Å²) < 4.78 is 3.40. The van der Waals surface area contributed by atoms with Crippen molar-refractivity contribution in [3.63, 3.8) is 0 Å². The first-order valence-electron chi connectivity index (χ1n) is 7.10. The monoisotopic (exact) mass is 329 g/mol. The summed E-state index contributed by atoms with van der Waals surface area (Å²) in [6.07, 6.45) is 5.11. The van der Waals surface area contributed by atoms with Crippen LogP contribution in [0.25, 0.3) is 0 Å². The van der Waals surface area contributed by atoms with Crippen LogP contribution < -0.4 is 5.32 Å². The van der Waals surface area contributed by atoms with E-state index < -0.39 is 0 Å². The molecular formula is C16H16ClN5O. The Bertz CT molecular complexity index is 852. The first kappa shape index (κ1) is 15.3. The minimum Gasteiger partial charge on any atom is -0.319 e. The molecular weight excluding hydrogens is 314 g/mol. The number of nitrogens with zero attached hydrogens (tertiary/aromatic N) is 4. The third-order valence-corrected chi connectivity index (χ3v) is 3.59. The zero-order chi connectivity index (χ0) is 16.4. The molecule has 0 saturated heterocycles. The maximum atomic E-state index is 12.4. The Morgan fingerprint density at radius 1 is 1.35 bits per heavy atom. The molecule has 0 aliphatic rings. The van der Waals surface area contributed by atoms with Crippen LogP contribution >= 0.6 is 11.6 Å². The molecule has 3 rings (SSSR count). The minimum atomic E-state index is -0.165. The molecule has 23 heavy (non-hydrogen) atoms. The highest BCUT2D eigenvalue weighted by molar-refractivity contribution is 6.30. The lowest BCUT2D eigenvalue weighted by molar-refractivity contribution is 0.102. The normalized spacial score (nSPS) is 10.7. The quantitative estimate of drug-likeness (QED) is 0.800. The van der Waals surface area contributed by atoms with Crippen molar-refractivity contribution in [2.24, 2.45) is 7.05 Å². The number of amides is 1. The molecule has 0 aliphatic heterocycles. The van der Waals surface area contributed by atoms with Gasteiger partial charge in [-0.3, -0.25) is 14.2 Å². The molecule has 2 aromatic heterocycles. The Hall–Kier alpha value is -2.60. The SMILES string of the molecule is Cc1nn(C)cc1NC(=O)c1cccc(Cn2cc(Cl)cn2)c1. The lowest BCUT2D eigenvalue weighted by Crippen LogP contribution is -2.13. The van der Waals surface area contributed by atoms with E-state index in [4.69, 9.17) is 11.6 Å². The zero-order valence-electron chi connectivity index (χ0n) is 12.8. The average molecular weight is 330 g/mol. The summed E-state index contributed by atoms with van der Waals surface area (Å²) in [5, 5.41) is 11.8. The van der Waals surface area contributed by atoms with E-state index in [1.54, 1.807) is 34.0 Å². The summed E-state index contributed by atoms with van der Waals surface area (Å²) in [5.41, 5.74) is 3.05. The van der Waals surface area contributed by atoms with Crippen molar-refractivity contribution >= 4 is 23.2 Å². The molecule has 0 fully saturated rings. The molecule has 0 aliphatic carbocycles. The number of hydrogen-bond acceptors (Lipinski definition) is 3. The van der Waals surface area contributed by atoms with Crippen molar-refractivity contribution in [2.45, 2.75) is 13.5 Å². The number of rotatable bonds is 4. The first-order chi connectivity index (χ1) is 11.0. The minimum absolute atomic E-state index is 0.165. The number of carbonyl (C=O) groups is 1. The molecule has 3 aromatic rings. The Morgan fingerprint density at radius 3 is 2.83 bits per heavy atom. The highest BCUT2D eigenvalue weighted by atomic mass is 35.5. The molecule has 118 valence electrons. The molecule has 0 atom stereocenters. The fourth-order valence-corrected chi connectivity index (χ4v) is 2.50. The van der Waals surface area contributed by atoms with E-state index in [-0.39, 0.29) is 5.91 Å². The van der Waals surface area contributed by atoms with Crippen molar-refractivity contribution in [3.8, 4) is 0 Å². The molecule has 1 aromatic carbocycles. The number of benzene rings is 1. The van der Waals surface area contributed by atoms with Crippen LogP contribution in [0.2, 0.25) is 5.02 Å². The van der Waals surface area contributed by atoms with Crippen molar-refractivity contribution in [1.82, 2.24) is 19.6 Å². The van der Waals surface area contributed by atoms with Gasteiger partial charge < -0.3 is 5.32 Å². The van der Waals surface area contributed by atoms with Gasteiger partial charge >= 0.3 is 0 Å². The number of carbonyl (C=O) groups excluding carboxylic acids is 1. The second kappa shape index (κ2) is 6.26. The first-order valence-corrected chi connectivity index (χ1v) is 7.47. The van der Waals surface area contributed by atoms with Crippen LogP contribution in [0.5, 0.6) is 0 Å². The summed E-state index contributed by atoms with van der Waals surface area (Å²) in [4.78, 5) is 12.4. The smallest absolute Gasteiger partial charge is 0.255 e. The molecule has 0 unspecified atom stereocenters. The third-order valence-electron chi connectivity index (χ3n) is 3.40. The topological polar surface area (TPSA) is 64.7 Å². The summed E-state index contributed by atoms with van der Waals surface area (Å²) in [6, 6.07) is 7.42. The van der Waals surface area contributed by atoms with Crippen molar-refractivity contribution in [2.75, 3.05) is 5.32 Å². The number of aryl methyl sites for hydroxylation is 2. The van der Waals surface area contributed by atoms with Gasteiger partial charge in [-0.05, 0) is 24.6 Å². The van der Waals surface area contributed by atoms with Crippen LogP contribution in [0.3, 0.4) is 0 Å². The van der Waals surface area contributed by atoms with Crippen LogP contribution in [0, 0.1) is 6.92 Å². The van der Waals surface area contributed by atoms with Crippen molar-refractivity contribution in [3.05, 3.63) is 64.7 Å². The van der Waals surface area contributed by atoms with E-state index in [9.17, 15) is 4.79 Å². The molecule has 0 spiro atoms. The third kappa shape index (κ3) is 3.60. The molecule has 1 N–H and O–H groups in total. The molecule has 0 saturated carbocycles. The largest absolute Gasteiger partial charge is 0.319 e. The second-order valence-electron chi connectivity index (χ2n) is 5.31. The molecule has 0 radical (unpaired) electrons. The van der Waals surface area contributed by atoms with Gasteiger partial charge in [-0.1, -0.05) is 23.7 Å². The van der Waals surface area contributed by atoms with E-state index in [0.717, 1.165) is 11.3 Å². The van der Waals surface area contributed by atoms with Gasteiger partial charge in [0.2, 0.25) is 0 Å². The number of halogens is 1. The predicted molar refractivity (Wildman–Crippen MR) is 88.7 cm³/mol. The molecule has 0 bridgehead atoms. The van der Waals surface area contributed by atoms with Crippen LogP contribution in [0.15, 0.2) is 42.9 Å². The Morgan fingerprint density at radius 2 is 2.17 bits per heavy atom. The molecule has 2 heterocycles. The van der Waals surface area contributed by atoms with Crippen LogP contribution in [0.4, 0.5) is 5.69 Å². The van der Waals surface area contributed by atoms with Gasteiger partial charge in [0, 0.05) is 25.0 Å². The molecule has 7 heteroatoms. The Kier molecular flexibility index (Phi) is 4.16.